The highest BCUT2D eigenvalue weighted by molar-refractivity contribution is 6.11. The molecule has 0 aliphatic carbocycles. The first-order chi connectivity index (χ1) is 26.6. The number of rotatable bonds is 9. The monoisotopic (exact) mass is 710 g/mol. The van der Waals surface area contributed by atoms with Gasteiger partial charge in [0.15, 0.2) is 0 Å². The number of carbonyl (C=O) groups is 2. The second-order valence-electron chi connectivity index (χ2n) is 12.6. The summed E-state index contributed by atoms with van der Waals surface area (Å²) in [6, 6.07) is 35.0. The van der Waals surface area contributed by atoms with Gasteiger partial charge in [-0.15, -0.1) is 0 Å². The molecule has 0 spiro atoms. The summed E-state index contributed by atoms with van der Waals surface area (Å²) in [6.07, 6.45) is 8.11. The zero-order valence-corrected chi connectivity index (χ0v) is 28.6. The second kappa shape index (κ2) is 13.2. The van der Waals surface area contributed by atoms with Crippen LogP contribution in [0.25, 0.3) is 11.0 Å². The number of pyridine rings is 5. The van der Waals surface area contributed by atoms with Gasteiger partial charge in [0.2, 0.25) is 23.0 Å². The van der Waals surface area contributed by atoms with E-state index in [9.17, 15) is 9.59 Å². The third-order valence-electron chi connectivity index (χ3n) is 9.52. The van der Waals surface area contributed by atoms with Crippen molar-refractivity contribution in [2.75, 3.05) is 0 Å². The number of amides is 2. The minimum Gasteiger partial charge on any atom is -0.332 e. The average Bonchev–Trinajstić information content (AvgIpc) is 3.87. The summed E-state index contributed by atoms with van der Waals surface area (Å²) < 4.78 is 0. The summed E-state index contributed by atoms with van der Waals surface area (Å²) in [5.74, 6) is -0.230. The summed E-state index contributed by atoms with van der Waals surface area (Å²) >= 11 is 0. The number of imidazole rings is 1. The first kappa shape index (κ1) is 32.4. The molecule has 2 amide bonds. The lowest BCUT2D eigenvalue weighted by Crippen LogP contribution is -2.49. The van der Waals surface area contributed by atoms with E-state index in [2.05, 4.69) is 40.2 Å². The van der Waals surface area contributed by atoms with E-state index < -0.39 is 17.0 Å². The van der Waals surface area contributed by atoms with E-state index in [1.54, 1.807) is 73.3 Å². The van der Waals surface area contributed by atoms with E-state index in [-0.39, 0.29) is 25.0 Å². The first-order valence-electron chi connectivity index (χ1n) is 17.2. The SMILES string of the molecule is O=C1N=CN(Cc2cccc(CN3/C(=N/c4nc5ccccc5[nH]4)NC(=O)C3(c3ccccn3)c3ccccn3)n2)C1(c1ccccn1)c1ccccn1. The van der Waals surface area contributed by atoms with Crippen LogP contribution < -0.4 is 5.32 Å². The van der Waals surface area contributed by atoms with Crippen LogP contribution in [0.2, 0.25) is 0 Å². The number of hydrogen-bond donors (Lipinski definition) is 2. The fourth-order valence-electron chi connectivity index (χ4n) is 7.13. The van der Waals surface area contributed by atoms with E-state index in [1.165, 1.54) is 6.34 Å². The zero-order valence-electron chi connectivity index (χ0n) is 28.6. The number of benzene rings is 1. The van der Waals surface area contributed by atoms with Gasteiger partial charge in [0, 0.05) is 24.8 Å². The molecule has 9 rings (SSSR count). The Morgan fingerprint density at radius 3 is 1.72 bits per heavy atom. The van der Waals surface area contributed by atoms with Gasteiger partial charge in [0.25, 0.3) is 11.8 Å². The van der Waals surface area contributed by atoms with Crippen LogP contribution in [-0.4, -0.2) is 68.8 Å². The Morgan fingerprint density at radius 1 is 0.593 bits per heavy atom. The fraction of sp³-hybridized carbons (Fsp3) is 0.100. The van der Waals surface area contributed by atoms with Crippen LogP contribution in [0.1, 0.15) is 34.2 Å². The molecule has 54 heavy (non-hydrogen) atoms. The largest absolute Gasteiger partial charge is 0.332 e. The van der Waals surface area contributed by atoms with Crippen LogP contribution in [-0.2, 0) is 33.8 Å². The third-order valence-corrected chi connectivity index (χ3v) is 9.52. The molecule has 0 saturated carbocycles. The Kier molecular flexibility index (Phi) is 7.96. The molecule has 14 heteroatoms. The van der Waals surface area contributed by atoms with Gasteiger partial charge >= 0.3 is 0 Å². The van der Waals surface area contributed by atoms with E-state index >= 15 is 0 Å². The van der Waals surface area contributed by atoms with Gasteiger partial charge in [-0.2, -0.15) is 4.99 Å². The number of H-pyrrole nitrogens is 1. The molecule has 14 nitrogen and oxygen atoms in total. The molecular weight excluding hydrogens is 681 g/mol. The summed E-state index contributed by atoms with van der Waals surface area (Å²) in [4.78, 5) is 72.6. The predicted molar refractivity (Wildman–Crippen MR) is 199 cm³/mol. The van der Waals surface area contributed by atoms with Gasteiger partial charge < -0.3 is 14.8 Å². The second-order valence-corrected chi connectivity index (χ2v) is 12.6. The number of aromatic amines is 1. The quantitative estimate of drug-likeness (QED) is 0.219. The molecule has 262 valence electrons. The highest BCUT2D eigenvalue weighted by Gasteiger charge is 2.57. The Hall–Kier alpha value is -7.48. The lowest BCUT2D eigenvalue weighted by atomic mass is 9.87. The number of carbonyl (C=O) groups excluding carboxylic acids is 2. The Labute approximate surface area is 308 Å². The normalized spacial score (nSPS) is 16.7. The van der Waals surface area contributed by atoms with E-state index in [4.69, 9.17) is 9.98 Å². The van der Waals surface area contributed by atoms with Gasteiger partial charge in [-0.1, -0.05) is 42.5 Å². The molecule has 2 aliphatic rings. The number of hydrogen-bond acceptors (Lipinski definition) is 10. The standard InChI is InChI=1S/C40H30N12O2/c53-35-39(31-16-3-7-20-41-31,32-17-4-8-21-42-32)51(26-45-35)24-27-12-11-13-28(46-27)25-52-38(50-37-47-29-14-1-2-15-30(29)48-37)49-36(54)40(52,33-18-5-9-22-43-33)34-19-6-10-23-44-34/h1-23,26H,24-25H2,(H2,47,48,49,50,54). The Bertz CT molecular complexity index is 2430. The van der Waals surface area contributed by atoms with Crippen molar-refractivity contribution in [2.45, 2.75) is 24.2 Å². The number of aliphatic imine (C=N–C) groups is 2. The Morgan fingerprint density at radius 2 is 1.15 bits per heavy atom. The van der Waals surface area contributed by atoms with Crippen molar-refractivity contribution in [2.24, 2.45) is 9.98 Å². The smallest absolute Gasteiger partial charge is 0.285 e. The van der Waals surface area contributed by atoms with Gasteiger partial charge in [0.1, 0.15) is 0 Å². The summed E-state index contributed by atoms with van der Waals surface area (Å²) in [7, 11) is 0. The number of aromatic nitrogens is 7. The molecule has 1 aromatic carbocycles. The summed E-state index contributed by atoms with van der Waals surface area (Å²) in [5.41, 5.74) is 1.76. The highest BCUT2D eigenvalue weighted by Crippen LogP contribution is 2.41. The van der Waals surface area contributed by atoms with Crippen LogP contribution in [0, 0.1) is 0 Å². The highest BCUT2D eigenvalue weighted by atomic mass is 16.2. The van der Waals surface area contributed by atoms with Crippen LogP contribution in [0.15, 0.2) is 150 Å². The van der Waals surface area contributed by atoms with E-state index in [0.717, 1.165) is 11.0 Å². The molecule has 0 unspecified atom stereocenters. The summed E-state index contributed by atoms with van der Waals surface area (Å²) in [5, 5.41) is 3.02. The molecule has 6 aromatic heterocycles. The average molecular weight is 711 g/mol. The lowest BCUT2D eigenvalue weighted by Gasteiger charge is -2.36. The number of guanidine groups is 1. The minimum absolute atomic E-state index is 0.109. The van der Waals surface area contributed by atoms with Crippen molar-refractivity contribution in [1.82, 2.24) is 50.0 Å². The van der Waals surface area contributed by atoms with Gasteiger partial charge in [-0.05, 0) is 72.8 Å². The predicted octanol–water partition coefficient (Wildman–Crippen LogP) is 4.42. The molecule has 0 radical (unpaired) electrons. The number of nitrogens with one attached hydrogen (secondary N) is 2. The molecule has 1 saturated heterocycles. The van der Waals surface area contributed by atoms with Crippen molar-refractivity contribution < 1.29 is 9.59 Å². The van der Waals surface area contributed by atoms with Crippen LogP contribution in [0.5, 0.6) is 0 Å². The van der Waals surface area contributed by atoms with Crippen molar-refractivity contribution in [3.05, 3.63) is 174 Å². The van der Waals surface area contributed by atoms with Crippen molar-refractivity contribution >= 4 is 41.1 Å². The van der Waals surface area contributed by atoms with Crippen molar-refractivity contribution in [3.63, 3.8) is 0 Å². The molecule has 1 fully saturated rings. The molecule has 0 bridgehead atoms. The number of nitrogens with zero attached hydrogens (tertiary/aromatic N) is 10. The lowest BCUT2D eigenvalue weighted by molar-refractivity contribution is -0.126. The van der Waals surface area contributed by atoms with Crippen LogP contribution >= 0.6 is 0 Å². The molecular formula is C40H30N12O2. The molecule has 2 aliphatic heterocycles. The van der Waals surface area contributed by atoms with E-state index in [0.29, 0.717) is 40.1 Å². The van der Waals surface area contributed by atoms with Gasteiger partial charge in [0.05, 0.1) is 64.6 Å². The first-order valence-corrected chi connectivity index (χ1v) is 17.2. The van der Waals surface area contributed by atoms with E-state index in [1.807, 2.05) is 76.5 Å². The maximum Gasteiger partial charge on any atom is 0.285 e. The van der Waals surface area contributed by atoms with Crippen molar-refractivity contribution in [3.8, 4) is 0 Å². The molecule has 7 aromatic rings. The van der Waals surface area contributed by atoms with Crippen LogP contribution in [0.4, 0.5) is 5.95 Å². The maximum atomic E-state index is 14.5. The molecule has 8 heterocycles. The number of fused-ring (bicyclic) bond motifs is 1. The maximum absolute atomic E-state index is 14.5. The number of para-hydroxylation sites is 2. The topological polar surface area (TPSA) is 170 Å². The minimum atomic E-state index is -1.52. The van der Waals surface area contributed by atoms with Crippen LogP contribution in [0.3, 0.4) is 0 Å². The fourth-order valence-corrected chi connectivity index (χ4v) is 7.13. The van der Waals surface area contributed by atoms with Crippen molar-refractivity contribution in [1.29, 1.82) is 0 Å². The summed E-state index contributed by atoms with van der Waals surface area (Å²) in [6.45, 7) is 0.302. The van der Waals surface area contributed by atoms with Gasteiger partial charge in [-0.25, -0.2) is 9.98 Å². The molecule has 0 atom stereocenters. The Balaban J connectivity index is 1.14. The molecule has 2 N–H and O–H groups in total. The zero-order chi connectivity index (χ0) is 36.5. The van der Waals surface area contributed by atoms with Gasteiger partial charge in [-0.3, -0.25) is 39.8 Å². The third kappa shape index (κ3) is 5.27.